The van der Waals surface area contributed by atoms with E-state index in [4.69, 9.17) is 4.74 Å². The monoisotopic (exact) mass is 467 g/mol. The molecule has 2 aromatic heterocycles. The van der Waals surface area contributed by atoms with Gasteiger partial charge in [-0.05, 0) is 18.2 Å². The molecular formula is C17H15BrFN5O3S. The Hall–Kier alpha value is -2.37. The average Bonchev–Trinajstić information content (AvgIpc) is 3.12. The molecule has 1 aromatic carbocycles. The van der Waals surface area contributed by atoms with Crippen molar-refractivity contribution in [3.05, 3.63) is 45.2 Å². The Morgan fingerprint density at radius 2 is 2.14 bits per heavy atom. The van der Waals surface area contributed by atoms with E-state index in [-0.39, 0.29) is 17.8 Å². The maximum Gasteiger partial charge on any atom is 0.273 e. The molecule has 1 saturated heterocycles. The van der Waals surface area contributed by atoms with Crippen molar-refractivity contribution in [1.82, 2.24) is 14.5 Å². The van der Waals surface area contributed by atoms with Gasteiger partial charge in [-0.1, -0.05) is 27.3 Å². The van der Waals surface area contributed by atoms with E-state index < -0.39 is 11.7 Å². The van der Waals surface area contributed by atoms with Crippen LogP contribution in [0, 0.1) is 5.82 Å². The van der Waals surface area contributed by atoms with Crippen LogP contribution >= 0.6 is 27.3 Å². The van der Waals surface area contributed by atoms with Gasteiger partial charge in [0.2, 0.25) is 5.91 Å². The van der Waals surface area contributed by atoms with Crippen LogP contribution in [0.2, 0.25) is 0 Å². The maximum absolute atomic E-state index is 13.9. The van der Waals surface area contributed by atoms with Crippen LogP contribution in [-0.4, -0.2) is 46.7 Å². The van der Waals surface area contributed by atoms with Gasteiger partial charge in [-0.3, -0.25) is 14.2 Å². The summed E-state index contributed by atoms with van der Waals surface area (Å²) in [6.07, 6.45) is 1.28. The van der Waals surface area contributed by atoms with Gasteiger partial charge >= 0.3 is 0 Å². The number of nitrogens with one attached hydrogen (secondary N) is 1. The summed E-state index contributed by atoms with van der Waals surface area (Å²) < 4.78 is 21.3. The minimum absolute atomic E-state index is 0.0441. The highest BCUT2D eigenvalue weighted by molar-refractivity contribution is 9.10. The Labute approximate surface area is 171 Å². The lowest BCUT2D eigenvalue weighted by Crippen LogP contribution is -2.36. The first kappa shape index (κ1) is 19.0. The van der Waals surface area contributed by atoms with E-state index in [1.807, 2.05) is 4.90 Å². The van der Waals surface area contributed by atoms with E-state index in [1.54, 1.807) is 6.07 Å². The van der Waals surface area contributed by atoms with Gasteiger partial charge in [0.15, 0.2) is 10.8 Å². The van der Waals surface area contributed by atoms with Crippen LogP contribution in [0.15, 0.2) is 33.8 Å². The fourth-order valence-electron chi connectivity index (χ4n) is 2.77. The van der Waals surface area contributed by atoms with Crippen molar-refractivity contribution in [2.45, 2.75) is 6.54 Å². The number of amides is 1. The summed E-state index contributed by atoms with van der Waals surface area (Å²) in [6, 6.07) is 4.31. The molecule has 0 atom stereocenters. The molecule has 1 aliphatic heterocycles. The van der Waals surface area contributed by atoms with Crippen molar-refractivity contribution in [1.29, 1.82) is 0 Å². The number of morpholine rings is 1. The van der Waals surface area contributed by atoms with Gasteiger partial charge in [-0.25, -0.2) is 9.37 Å². The summed E-state index contributed by atoms with van der Waals surface area (Å²) in [6.45, 7) is 2.35. The molecule has 1 aliphatic rings. The van der Waals surface area contributed by atoms with E-state index in [0.717, 1.165) is 0 Å². The molecule has 0 saturated carbocycles. The fraction of sp³-hybridized carbons (Fsp3) is 0.294. The number of fused-ring (bicyclic) bond motifs is 1. The second-order valence-electron chi connectivity index (χ2n) is 6.10. The predicted molar refractivity (Wildman–Crippen MR) is 107 cm³/mol. The van der Waals surface area contributed by atoms with Gasteiger partial charge < -0.3 is 15.0 Å². The normalized spacial score (nSPS) is 14.4. The summed E-state index contributed by atoms with van der Waals surface area (Å²) in [7, 11) is 0. The Morgan fingerprint density at radius 3 is 2.89 bits per heavy atom. The zero-order chi connectivity index (χ0) is 19.7. The summed E-state index contributed by atoms with van der Waals surface area (Å²) in [5.41, 5.74) is 0.0446. The smallest absolute Gasteiger partial charge is 0.273 e. The van der Waals surface area contributed by atoms with Crippen LogP contribution in [0.1, 0.15) is 0 Å². The zero-order valence-electron chi connectivity index (χ0n) is 14.5. The first-order valence-corrected chi connectivity index (χ1v) is 10.1. The highest BCUT2D eigenvalue weighted by Crippen LogP contribution is 2.25. The Balaban J connectivity index is 1.54. The number of rotatable bonds is 4. The molecule has 1 fully saturated rings. The molecular weight excluding hydrogens is 453 g/mol. The molecule has 8 nitrogen and oxygen atoms in total. The number of hydrogen-bond acceptors (Lipinski definition) is 7. The molecule has 4 rings (SSSR count). The SMILES string of the molecule is O=C(Cn1cnc2nc(N3CCOCC3)sc2c1=O)Nc1ccc(Br)cc1F. The molecule has 1 amide bonds. The lowest BCUT2D eigenvalue weighted by molar-refractivity contribution is -0.116. The van der Waals surface area contributed by atoms with Crippen molar-refractivity contribution in [3.8, 4) is 0 Å². The number of carbonyl (C=O) groups is 1. The number of aromatic nitrogens is 3. The minimum Gasteiger partial charge on any atom is -0.378 e. The third-order valence-electron chi connectivity index (χ3n) is 4.17. The van der Waals surface area contributed by atoms with Gasteiger partial charge in [-0.2, -0.15) is 4.98 Å². The summed E-state index contributed by atoms with van der Waals surface area (Å²) >= 11 is 4.40. The first-order valence-electron chi connectivity index (χ1n) is 8.45. The number of hydrogen-bond donors (Lipinski definition) is 1. The number of anilines is 2. The zero-order valence-corrected chi connectivity index (χ0v) is 16.9. The summed E-state index contributed by atoms with van der Waals surface area (Å²) in [4.78, 5) is 35.6. The molecule has 0 aliphatic carbocycles. The number of benzene rings is 1. The van der Waals surface area contributed by atoms with Gasteiger partial charge in [0.25, 0.3) is 5.56 Å². The Bertz CT molecular complexity index is 1100. The van der Waals surface area contributed by atoms with Crippen LogP contribution in [0.25, 0.3) is 10.3 Å². The lowest BCUT2D eigenvalue weighted by atomic mass is 10.3. The van der Waals surface area contributed by atoms with E-state index in [9.17, 15) is 14.0 Å². The number of carbonyl (C=O) groups excluding carboxylic acids is 1. The van der Waals surface area contributed by atoms with Crippen molar-refractivity contribution in [2.75, 3.05) is 36.5 Å². The van der Waals surface area contributed by atoms with Gasteiger partial charge in [-0.15, -0.1) is 0 Å². The van der Waals surface area contributed by atoms with E-state index in [2.05, 4.69) is 31.2 Å². The summed E-state index contributed by atoms with van der Waals surface area (Å²) in [5.74, 6) is -1.09. The van der Waals surface area contributed by atoms with Gasteiger partial charge in [0, 0.05) is 17.6 Å². The highest BCUT2D eigenvalue weighted by Gasteiger charge is 2.18. The topological polar surface area (TPSA) is 89.3 Å². The van der Waals surface area contributed by atoms with Gasteiger partial charge in [0.05, 0.1) is 18.9 Å². The molecule has 1 N–H and O–H groups in total. The van der Waals surface area contributed by atoms with Crippen molar-refractivity contribution in [2.24, 2.45) is 0 Å². The molecule has 0 spiro atoms. The van der Waals surface area contributed by atoms with Gasteiger partial charge in [0.1, 0.15) is 23.4 Å². The van der Waals surface area contributed by atoms with Crippen molar-refractivity contribution < 1.29 is 13.9 Å². The highest BCUT2D eigenvalue weighted by atomic mass is 79.9. The molecule has 0 unspecified atom stereocenters. The maximum atomic E-state index is 13.9. The molecule has 3 heterocycles. The number of thiazole rings is 1. The van der Waals surface area contributed by atoms with Crippen molar-refractivity contribution in [3.63, 3.8) is 0 Å². The molecule has 0 bridgehead atoms. The van der Waals surface area contributed by atoms with Crippen LogP contribution < -0.4 is 15.8 Å². The van der Waals surface area contributed by atoms with E-state index in [0.29, 0.717) is 46.3 Å². The van der Waals surface area contributed by atoms with Crippen molar-refractivity contribution >= 4 is 54.3 Å². The third kappa shape index (κ3) is 3.91. The summed E-state index contributed by atoms with van der Waals surface area (Å²) in [5, 5.41) is 3.17. The van der Waals surface area contributed by atoms with Crippen LogP contribution in [0.5, 0.6) is 0 Å². The Kier molecular flexibility index (Phi) is 5.38. The van der Waals surface area contributed by atoms with Crippen LogP contribution in [0.3, 0.4) is 0 Å². The molecule has 11 heteroatoms. The number of nitrogens with zero attached hydrogens (tertiary/aromatic N) is 4. The standard InChI is InChI=1S/C17H15BrFN5O3S/c18-10-1-2-12(11(19)7-10)21-13(25)8-24-9-20-15-14(16(24)26)28-17(22-15)23-3-5-27-6-4-23/h1-2,7,9H,3-6,8H2,(H,21,25). The molecule has 0 radical (unpaired) electrons. The lowest BCUT2D eigenvalue weighted by Gasteiger charge is -2.25. The predicted octanol–water partition coefficient (Wildman–Crippen LogP) is 2.23. The second-order valence-corrected chi connectivity index (χ2v) is 7.99. The minimum atomic E-state index is -0.568. The van der Waals surface area contributed by atoms with Crippen LogP contribution in [-0.2, 0) is 16.1 Å². The third-order valence-corrected chi connectivity index (χ3v) is 5.76. The quantitative estimate of drug-likeness (QED) is 0.632. The Morgan fingerprint density at radius 1 is 1.36 bits per heavy atom. The second kappa shape index (κ2) is 7.94. The molecule has 3 aromatic rings. The number of halogens is 2. The van der Waals surface area contributed by atoms with E-state index in [1.165, 1.54) is 34.4 Å². The van der Waals surface area contributed by atoms with E-state index >= 15 is 0 Å². The number of ether oxygens (including phenoxy) is 1. The first-order chi connectivity index (χ1) is 13.5. The average molecular weight is 468 g/mol. The molecule has 28 heavy (non-hydrogen) atoms. The fourth-order valence-corrected chi connectivity index (χ4v) is 4.13. The van der Waals surface area contributed by atoms with Crippen LogP contribution in [0.4, 0.5) is 15.2 Å². The largest absolute Gasteiger partial charge is 0.378 e. The molecule has 146 valence electrons.